The molecule has 0 fully saturated rings. The van der Waals surface area contributed by atoms with E-state index in [9.17, 15) is 0 Å². The normalized spacial score (nSPS) is 7.75. The number of benzene rings is 1. The van der Waals surface area contributed by atoms with Crippen LogP contribution in [0.2, 0.25) is 0 Å². The minimum Gasteiger partial charge on any atom is -0.508 e. The second-order valence-corrected chi connectivity index (χ2v) is 2.07. The van der Waals surface area contributed by atoms with Gasteiger partial charge in [-0.1, -0.05) is 6.07 Å². The lowest BCUT2D eigenvalue weighted by molar-refractivity contribution is -0.191. The maximum atomic E-state index is 9.02. The Labute approximate surface area is 69.6 Å². The molecule has 0 heterocycles. The van der Waals surface area contributed by atoms with Crippen LogP contribution in [0.5, 0.6) is 5.75 Å². The first-order valence-corrected chi connectivity index (χ1v) is 3.16. The van der Waals surface area contributed by atoms with Crippen molar-refractivity contribution < 1.29 is 14.7 Å². The fourth-order valence-corrected chi connectivity index (χ4v) is 0.641. The second kappa shape index (κ2) is 4.93. The number of phenolic OH excluding ortho intramolecular Hbond substituents is 1. The summed E-state index contributed by atoms with van der Waals surface area (Å²) >= 11 is 0. The van der Waals surface area contributed by atoms with Crippen LogP contribution in [-0.4, -0.2) is 11.3 Å². The fourth-order valence-electron chi connectivity index (χ4n) is 0.641. The van der Waals surface area contributed by atoms with E-state index < -0.39 is 0 Å². The summed E-state index contributed by atoms with van der Waals surface area (Å²) in [5, 5.41) is 9.02. The topological polar surface area (TPSA) is 80.4 Å². The molecule has 0 saturated heterocycles. The zero-order valence-corrected chi connectivity index (χ0v) is 6.57. The van der Waals surface area contributed by atoms with Crippen molar-refractivity contribution in [1.29, 1.82) is 0 Å². The van der Waals surface area contributed by atoms with Gasteiger partial charge in [-0.15, -0.1) is 0 Å². The predicted octanol–water partition coefficient (Wildman–Crippen LogP) is 0.699. The van der Waals surface area contributed by atoms with E-state index in [0.29, 0.717) is 5.69 Å². The Morgan fingerprint density at radius 3 is 2.25 bits per heavy atom. The fraction of sp³-hybridized carbons (Fsp3) is 0.125. The smallest absolute Gasteiger partial charge is 0.373 e. The Bertz CT molecular complexity index is 270. The summed E-state index contributed by atoms with van der Waals surface area (Å²) < 4.78 is 0. The van der Waals surface area contributed by atoms with E-state index in [1.54, 1.807) is 25.1 Å². The van der Waals surface area contributed by atoms with Crippen LogP contribution in [0, 0.1) is 6.92 Å². The number of nitrogen functional groups attached to an aromatic ring is 1. The van der Waals surface area contributed by atoms with Crippen LogP contribution >= 0.6 is 0 Å². The summed E-state index contributed by atoms with van der Waals surface area (Å²) in [5.74, 6) is 0.259. The zero-order valence-electron chi connectivity index (χ0n) is 6.57. The first-order valence-electron chi connectivity index (χ1n) is 3.16. The molecule has 1 aromatic rings. The third kappa shape index (κ3) is 2.86. The number of aromatic hydroxyl groups is 1. The highest BCUT2D eigenvalue weighted by Gasteiger charge is 1.95. The highest BCUT2D eigenvalue weighted by Crippen LogP contribution is 2.20. The minimum atomic E-state index is 0.250. The van der Waals surface area contributed by atoms with Gasteiger partial charge in [0, 0.05) is 11.3 Å². The molecule has 0 unspecified atom stereocenters. The monoisotopic (exact) mass is 167 g/mol. The number of nitrogens with two attached hydrogens (primary N) is 1. The van der Waals surface area contributed by atoms with Crippen LogP contribution in [0.3, 0.4) is 0 Å². The van der Waals surface area contributed by atoms with Gasteiger partial charge in [0.15, 0.2) is 0 Å². The number of carbonyl (C=O) groups excluding carboxylic acids is 2. The molecule has 64 valence electrons. The molecule has 12 heavy (non-hydrogen) atoms. The van der Waals surface area contributed by atoms with Gasteiger partial charge in [-0.2, -0.15) is 9.59 Å². The van der Waals surface area contributed by atoms with Crippen molar-refractivity contribution in [3.63, 3.8) is 0 Å². The molecule has 0 aliphatic rings. The maximum absolute atomic E-state index is 9.02. The number of anilines is 1. The molecule has 0 radical (unpaired) electrons. The SMILES string of the molecule is Cc1c(N)cccc1O.O=C=O. The Morgan fingerprint density at radius 2 is 1.92 bits per heavy atom. The molecule has 3 N–H and O–H groups in total. The highest BCUT2D eigenvalue weighted by atomic mass is 16.3. The van der Waals surface area contributed by atoms with E-state index in [4.69, 9.17) is 20.4 Å². The van der Waals surface area contributed by atoms with Crippen molar-refractivity contribution in [2.24, 2.45) is 0 Å². The predicted molar refractivity (Wildman–Crippen MR) is 42.3 cm³/mol. The minimum absolute atomic E-state index is 0.250. The largest absolute Gasteiger partial charge is 0.508 e. The molecule has 1 rings (SSSR count). The van der Waals surface area contributed by atoms with Crippen LogP contribution in [0.1, 0.15) is 5.56 Å². The summed E-state index contributed by atoms with van der Waals surface area (Å²) in [6.07, 6.45) is 0.250. The lowest BCUT2D eigenvalue weighted by Gasteiger charge is -1.99. The maximum Gasteiger partial charge on any atom is 0.373 e. The number of hydrogen-bond acceptors (Lipinski definition) is 4. The average Bonchev–Trinajstić information content (AvgIpc) is 2.02. The molecule has 1 aromatic carbocycles. The van der Waals surface area contributed by atoms with Crippen LogP contribution in [0.15, 0.2) is 18.2 Å². The third-order valence-corrected chi connectivity index (χ3v) is 1.35. The number of rotatable bonds is 0. The van der Waals surface area contributed by atoms with E-state index in [-0.39, 0.29) is 11.9 Å². The van der Waals surface area contributed by atoms with Crippen LogP contribution in [0.4, 0.5) is 5.69 Å². The van der Waals surface area contributed by atoms with Gasteiger partial charge in [0.2, 0.25) is 0 Å². The standard InChI is InChI=1S/C7H9NO.CO2/c1-5-6(8)3-2-4-7(5)9;2-1-3/h2-4,9H,8H2,1H3;. The summed E-state index contributed by atoms with van der Waals surface area (Å²) in [5.41, 5.74) is 6.84. The molecular weight excluding hydrogens is 158 g/mol. The molecule has 4 nitrogen and oxygen atoms in total. The molecule has 0 saturated carbocycles. The van der Waals surface area contributed by atoms with Crippen molar-refractivity contribution in [1.82, 2.24) is 0 Å². The first-order chi connectivity index (χ1) is 5.63. The number of hydrogen-bond donors (Lipinski definition) is 2. The van der Waals surface area contributed by atoms with Gasteiger partial charge in [0.1, 0.15) is 5.75 Å². The highest BCUT2D eigenvalue weighted by molar-refractivity contribution is 5.52. The second-order valence-electron chi connectivity index (χ2n) is 2.07. The summed E-state index contributed by atoms with van der Waals surface area (Å²) in [7, 11) is 0. The molecule has 0 spiro atoms. The Kier molecular flexibility index (Phi) is 4.19. The summed E-state index contributed by atoms with van der Waals surface area (Å²) in [6, 6.07) is 5.10. The van der Waals surface area contributed by atoms with Crippen molar-refractivity contribution >= 4 is 11.8 Å². The lowest BCUT2D eigenvalue weighted by atomic mass is 10.2. The van der Waals surface area contributed by atoms with Gasteiger partial charge in [0.05, 0.1) is 0 Å². The van der Waals surface area contributed by atoms with E-state index in [1.165, 1.54) is 0 Å². The van der Waals surface area contributed by atoms with Gasteiger partial charge in [-0.05, 0) is 19.1 Å². The third-order valence-electron chi connectivity index (χ3n) is 1.35. The van der Waals surface area contributed by atoms with Crippen LogP contribution in [-0.2, 0) is 9.59 Å². The zero-order chi connectivity index (χ0) is 9.56. The quantitative estimate of drug-likeness (QED) is 0.557. The van der Waals surface area contributed by atoms with E-state index in [0.717, 1.165) is 5.56 Å². The molecule has 0 aliphatic heterocycles. The summed E-state index contributed by atoms with van der Waals surface area (Å²) in [6.45, 7) is 1.78. The van der Waals surface area contributed by atoms with Crippen molar-refractivity contribution in [3.05, 3.63) is 23.8 Å². The number of phenols is 1. The molecule has 0 aromatic heterocycles. The first kappa shape index (κ1) is 10.2. The van der Waals surface area contributed by atoms with Crippen molar-refractivity contribution in [2.75, 3.05) is 5.73 Å². The van der Waals surface area contributed by atoms with Crippen LogP contribution < -0.4 is 5.73 Å². The van der Waals surface area contributed by atoms with E-state index in [2.05, 4.69) is 0 Å². The molecule has 0 amide bonds. The van der Waals surface area contributed by atoms with Crippen molar-refractivity contribution in [3.8, 4) is 5.75 Å². The van der Waals surface area contributed by atoms with Gasteiger partial charge in [-0.25, -0.2) is 0 Å². The van der Waals surface area contributed by atoms with Gasteiger partial charge < -0.3 is 10.8 Å². The van der Waals surface area contributed by atoms with E-state index >= 15 is 0 Å². The molecule has 0 atom stereocenters. The van der Waals surface area contributed by atoms with Crippen LogP contribution in [0.25, 0.3) is 0 Å². The van der Waals surface area contributed by atoms with E-state index in [1.807, 2.05) is 0 Å². The molecule has 4 heteroatoms. The molecular formula is C8H9NO3. The Hall–Kier alpha value is -1.80. The Morgan fingerprint density at radius 1 is 1.42 bits per heavy atom. The molecule has 0 bridgehead atoms. The van der Waals surface area contributed by atoms with Crippen molar-refractivity contribution in [2.45, 2.75) is 6.92 Å². The van der Waals surface area contributed by atoms with Gasteiger partial charge in [-0.3, -0.25) is 0 Å². The summed E-state index contributed by atoms with van der Waals surface area (Å²) in [4.78, 5) is 16.2. The lowest BCUT2D eigenvalue weighted by Crippen LogP contribution is -1.87. The Balaban J connectivity index is 0.000000354. The van der Waals surface area contributed by atoms with Gasteiger partial charge >= 0.3 is 6.15 Å². The molecule has 0 aliphatic carbocycles. The van der Waals surface area contributed by atoms with Gasteiger partial charge in [0.25, 0.3) is 0 Å². The average molecular weight is 167 g/mol.